The van der Waals surface area contributed by atoms with Crippen LogP contribution < -0.4 is 0 Å². The SMILES string of the molecule is CC1CN(C(=O)C2(C#N)CCCCC2)CC(C)O1. The second-order valence-corrected chi connectivity index (χ2v) is 5.72. The van der Waals surface area contributed by atoms with E-state index in [0.29, 0.717) is 13.1 Å². The first-order valence-electron chi connectivity index (χ1n) is 6.93. The van der Waals surface area contributed by atoms with E-state index in [9.17, 15) is 10.1 Å². The smallest absolute Gasteiger partial charge is 0.243 e. The lowest BCUT2D eigenvalue weighted by molar-refractivity contribution is -0.152. The van der Waals surface area contributed by atoms with Crippen LogP contribution in [0.5, 0.6) is 0 Å². The van der Waals surface area contributed by atoms with E-state index < -0.39 is 5.41 Å². The summed E-state index contributed by atoms with van der Waals surface area (Å²) in [7, 11) is 0. The van der Waals surface area contributed by atoms with Crippen molar-refractivity contribution in [1.29, 1.82) is 5.26 Å². The van der Waals surface area contributed by atoms with Gasteiger partial charge in [-0.15, -0.1) is 0 Å². The van der Waals surface area contributed by atoms with E-state index in [2.05, 4.69) is 6.07 Å². The molecule has 2 atom stereocenters. The highest BCUT2D eigenvalue weighted by atomic mass is 16.5. The molecule has 1 aliphatic carbocycles. The molecule has 2 fully saturated rings. The molecule has 2 unspecified atom stereocenters. The van der Waals surface area contributed by atoms with Crippen molar-refractivity contribution < 1.29 is 9.53 Å². The fraction of sp³-hybridized carbons (Fsp3) is 0.857. The van der Waals surface area contributed by atoms with Crippen LogP contribution in [0.25, 0.3) is 0 Å². The van der Waals surface area contributed by atoms with Gasteiger partial charge in [0.25, 0.3) is 0 Å². The van der Waals surface area contributed by atoms with Gasteiger partial charge < -0.3 is 9.64 Å². The van der Waals surface area contributed by atoms with Crippen LogP contribution in [0.3, 0.4) is 0 Å². The first-order valence-corrected chi connectivity index (χ1v) is 6.93. The van der Waals surface area contributed by atoms with Crippen molar-refractivity contribution in [3.63, 3.8) is 0 Å². The summed E-state index contributed by atoms with van der Waals surface area (Å²) in [5.74, 6) is 0.0340. The van der Waals surface area contributed by atoms with Crippen molar-refractivity contribution in [2.24, 2.45) is 5.41 Å². The number of hydrogen-bond donors (Lipinski definition) is 0. The summed E-state index contributed by atoms with van der Waals surface area (Å²) in [6.45, 7) is 5.20. The predicted octanol–water partition coefficient (Wildman–Crippen LogP) is 2.10. The van der Waals surface area contributed by atoms with Crippen molar-refractivity contribution in [3.8, 4) is 6.07 Å². The van der Waals surface area contributed by atoms with E-state index in [1.54, 1.807) is 0 Å². The van der Waals surface area contributed by atoms with Crippen molar-refractivity contribution in [1.82, 2.24) is 4.90 Å². The van der Waals surface area contributed by atoms with E-state index in [0.717, 1.165) is 32.1 Å². The molecule has 2 aliphatic rings. The third kappa shape index (κ3) is 2.51. The van der Waals surface area contributed by atoms with Crippen LogP contribution in [0.1, 0.15) is 46.0 Å². The Balaban J connectivity index is 2.11. The third-order valence-corrected chi connectivity index (χ3v) is 4.04. The number of morpholine rings is 1. The molecule has 0 aromatic heterocycles. The van der Waals surface area contributed by atoms with Crippen molar-refractivity contribution in [2.75, 3.05) is 13.1 Å². The molecule has 100 valence electrons. The van der Waals surface area contributed by atoms with E-state index in [1.807, 2.05) is 18.7 Å². The standard InChI is InChI=1S/C14H22N2O2/c1-11-8-16(9-12(2)18-11)13(17)14(10-15)6-4-3-5-7-14/h11-12H,3-9H2,1-2H3. The normalized spacial score (nSPS) is 31.7. The van der Waals surface area contributed by atoms with Crippen LogP contribution in [0.4, 0.5) is 0 Å². The highest BCUT2D eigenvalue weighted by molar-refractivity contribution is 5.85. The van der Waals surface area contributed by atoms with Crippen LogP contribution in [0.2, 0.25) is 0 Å². The Morgan fingerprint density at radius 1 is 1.22 bits per heavy atom. The second-order valence-electron chi connectivity index (χ2n) is 5.72. The number of nitrogens with zero attached hydrogens (tertiary/aromatic N) is 2. The van der Waals surface area contributed by atoms with E-state index in [1.165, 1.54) is 0 Å². The molecule has 1 amide bonds. The van der Waals surface area contributed by atoms with Gasteiger partial charge in [0.05, 0.1) is 18.3 Å². The monoisotopic (exact) mass is 250 g/mol. The van der Waals surface area contributed by atoms with Crippen LogP contribution >= 0.6 is 0 Å². The summed E-state index contributed by atoms with van der Waals surface area (Å²) in [5, 5.41) is 9.45. The third-order valence-electron chi connectivity index (χ3n) is 4.04. The molecule has 1 saturated carbocycles. The van der Waals surface area contributed by atoms with Gasteiger partial charge >= 0.3 is 0 Å². The van der Waals surface area contributed by atoms with E-state index in [-0.39, 0.29) is 18.1 Å². The quantitative estimate of drug-likeness (QED) is 0.716. The summed E-state index contributed by atoms with van der Waals surface area (Å²) in [6.07, 6.45) is 4.72. The molecule has 0 spiro atoms. The molecule has 2 rings (SSSR count). The summed E-state index contributed by atoms with van der Waals surface area (Å²) in [4.78, 5) is 14.5. The summed E-state index contributed by atoms with van der Waals surface area (Å²) < 4.78 is 5.64. The number of carbonyl (C=O) groups is 1. The minimum Gasteiger partial charge on any atom is -0.372 e. The Bertz CT molecular complexity index is 345. The fourth-order valence-corrected chi connectivity index (χ4v) is 3.18. The minimum absolute atomic E-state index is 0.0340. The van der Waals surface area contributed by atoms with E-state index >= 15 is 0 Å². The van der Waals surface area contributed by atoms with Gasteiger partial charge in [-0.3, -0.25) is 4.79 Å². The van der Waals surface area contributed by atoms with Crippen LogP contribution in [-0.4, -0.2) is 36.1 Å². The van der Waals surface area contributed by atoms with Gasteiger partial charge in [0.15, 0.2) is 0 Å². The Labute approximate surface area is 109 Å². The zero-order valence-electron chi connectivity index (χ0n) is 11.3. The Morgan fingerprint density at radius 2 is 1.78 bits per heavy atom. The number of nitriles is 1. The Kier molecular flexibility index (Phi) is 3.91. The molecule has 0 aromatic rings. The van der Waals surface area contributed by atoms with Gasteiger partial charge in [-0.2, -0.15) is 5.26 Å². The van der Waals surface area contributed by atoms with Crippen molar-refractivity contribution >= 4 is 5.91 Å². The second kappa shape index (κ2) is 5.27. The maximum atomic E-state index is 12.6. The maximum Gasteiger partial charge on any atom is 0.243 e. The number of hydrogen-bond acceptors (Lipinski definition) is 3. The molecule has 4 nitrogen and oxygen atoms in total. The maximum absolute atomic E-state index is 12.6. The zero-order chi connectivity index (χ0) is 13.2. The van der Waals surface area contributed by atoms with Crippen LogP contribution in [0.15, 0.2) is 0 Å². The molecule has 1 heterocycles. The van der Waals surface area contributed by atoms with Gasteiger partial charge in [-0.1, -0.05) is 19.3 Å². The molecular weight excluding hydrogens is 228 g/mol. The van der Waals surface area contributed by atoms with Gasteiger partial charge in [0, 0.05) is 13.1 Å². The molecule has 18 heavy (non-hydrogen) atoms. The lowest BCUT2D eigenvalue weighted by Crippen LogP contribution is -2.53. The van der Waals surface area contributed by atoms with Gasteiger partial charge in [-0.25, -0.2) is 0 Å². The number of carbonyl (C=O) groups excluding carboxylic acids is 1. The first-order chi connectivity index (χ1) is 8.57. The topological polar surface area (TPSA) is 53.3 Å². The fourth-order valence-electron chi connectivity index (χ4n) is 3.18. The molecule has 4 heteroatoms. The number of amides is 1. The first kappa shape index (κ1) is 13.4. The predicted molar refractivity (Wildman–Crippen MR) is 67.7 cm³/mol. The highest BCUT2D eigenvalue weighted by Gasteiger charge is 2.43. The van der Waals surface area contributed by atoms with Gasteiger partial charge in [-0.05, 0) is 26.7 Å². The molecule has 1 saturated heterocycles. The van der Waals surface area contributed by atoms with Crippen LogP contribution in [0, 0.1) is 16.7 Å². The van der Waals surface area contributed by atoms with E-state index in [4.69, 9.17) is 4.74 Å². The number of ether oxygens (including phenoxy) is 1. The number of rotatable bonds is 1. The summed E-state index contributed by atoms with van der Waals surface area (Å²) >= 11 is 0. The van der Waals surface area contributed by atoms with Crippen LogP contribution in [-0.2, 0) is 9.53 Å². The molecule has 0 bridgehead atoms. The summed E-state index contributed by atoms with van der Waals surface area (Å²) in [6, 6.07) is 2.31. The molecule has 0 aromatic carbocycles. The highest BCUT2D eigenvalue weighted by Crippen LogP contribution is 2.37. The largest absolute Gasteiger partial charge is 0.372 e. The molecule has 0 radical (unpaired) electrons. The zero-order valence-corrected chi connectivity index (χ0v) is 11.3. The van der Waals surface area contributed by atoms with Gasteiger partial charge in [0.2, 0.25) is 5.91 Å². The average molecular weight is 250 g/mol. The van der Waals surface area contributed by atoms with Crippen molar-refractivity contribution in [3.05, 3.63) is 0 Å². The minimum atomic E-state index is -0.755. The van der Waals surface area contributed by atoms with Crippen molar-refractivity contribution in [2.45, 2.75) is 58.2 Å². The van der Waals surface area contributed by atoms with Gasteiger partial charge in [0.1, 0.15) is 5.41 Å². The molecular formula is C14H22N2O2. The average Bonchev–Trinajstić information content (AvgIpc) is 2.37. The lowest BCUT2D eigenvalue weighted by atomic mass is 9.74. The lowest BCUT2D eigenvalue weighted by Gasteiger charge is -2.40. The molecule has 0 N–H and O–H groups in total. The molecule has 1 aliphatic heterocycles. The Morgan fingerprint density at radius 3 is 2.28 bits per heavy atom. The summed E-state index contributed by atoms with van der Waals surface area (Å²) in [5.41, 5.74) is -0.755. The Hall–Kier alpha value is -1.08.